The third kappa shape index (κ3) is 2.28. The number of nitrogens with two attached hydrogens (primary N) is 1. The maximum atomic E-state index is 5.26. The highest BCUT2D eigenvalue weighted by atomic mass is 32.2. The molecular formula is C5H5N3S2. The number of aromatic nitrogens is 2. The maximum absolute atomic E-state index is 5.26. The van der Waals surface area contributed by atoms with Crippen molar-refractivity contribution in [1.82, 2.24) is 9.97 Å². The van der Waals surface area contributed by atoms with Gasteiger partial charge in [0.2, 0.25) is 0 Å². The van der Waals surface area contributed by atoms with Crippen LogP contribution in [-0.2, 0) is 0 Å². The van der Waals surface area contributed by atoms with Crippen LogP contribution in [0.3, 0.4) is 0 Å². The molecule has 1 rings (SSSR count). The largest absolute Gasteiger partial charge is 0.384 e. The van der Waals surface area contributed by atoms with E-state index in [2.05, 4.69) is 22.2 Å². The molecule has 0 atom stereocenters. The van der Waals surface area contributed by atoms with E-state index in [-0.39, 0.29) is 0 Å². The van der Waals surface area contributed by atoms with Gasteiger partial charge in [-0.15, -0.1) is 0 Å². The fourth-order valence-electron chi connectivity index (χ4n) is 0.442. The van der Waals surface area contributed by atoms with Gasteiger partial charge in [-0.25, -0.2) is 9.97 Å². The van der Waals surface area contributed by atoms with Gasteiger partial charge in [-0.2, -0.15) is 0 Å². The molecule has 0 aromatic carbocycles. The molecule has 2 N–H and O–H groups in total. The van der Waals surface area contributed by atoms with E-state index in [1.54, 1.807) is 12.3 Å². The second-order valence-electron chi connectivity index (χ2n) is 1.47. The Labute approximate surface area is 68.1 Å². The Bertz CT molecular complexity index is 224. The second kappa shape index (κ2) is 3.48. The highest BCUT2D eigenvalue weighted by molar-refractivity contribution is 8.22. The zero-order valence-corrected chi connectivity index (χ0v) is 6.65. The van der Waals surface area contributed by atoms with E-state index >= 15 is 0 Å². The monoisotopic (exact) mass is 171 g/mol. The standard InChI is InChI=1S/C5H5N3S2/c6-5(9)10-4-1-2-7-3-8-4/h1-3H,(H2,6,9). The van der Waals surface area contributed by atoms with Gasteiger partial charge in [0.1, 0.15) is 15.7 Å². The van der Waals surface area contributed by atoms with Crippen LogP contribution in [-0.4, -0.2) is 14.3 Å². The Morgan fingerprint density at radius 2 is 2.50 bits per heavy atom. The zero-order valence-electron chi connectivity index (χ0n) is 5.02. The van der Waals surface area contributed by atoms with Gasteiger partial charge in [0.25, 0.3) is 0 Å². The van der Waals surface area contributed by atoms with E-state index in [1.807, 2.05) is 0 Å². The van der Waals surface area contributed by atoms with E-state index in [0.717, 1.165) is 5.03 Å². The normalized spacial score (nSPS) is 9.20. The van der Waals surface area contributed by atoms with Crippen molar-refractivity contribution in [2.45, 2.75) is 5.03 Å². The minimum absolute atomic E-state index is 0.374. The first kappa shape index (κ1) is 7.43. The Morgan fingerprint density at radius 1 is 1.70 bits per heavy atom. The first-order valence-corrected chi connectivity index (χ1v) is 3.75. The molecule has 1 heterocycles. The van der Waals surface area contributed by atoms with Crippen LogP contribution in [0.15, 0.2) is 23.6 Å². The summed E-state index contributed by atoms with van der Waals surface area (Å²) in [6.07, 6.45) is 3.11. The lowest BCUT2D eigenvalue weighted by molar-refractivity contribution is 1.05. The number of nitrogens with zero attached hydrogens (tertiary/aromatic N) is 2. The summed E-state index contributed by atoms with van der Waals surface area (Å²) < 4.78 is 0.374. The zero-order chi connectivity index (χ0) is 7.40. The fraction of sp³-hybridized carbons (Fsp3) is 0. The summed E-state index contributed by atoms with van der Waals surface area (Å²) in [6.45, 7) is 0. The minimum atomic E-state index is 0.374. The highest BCUT2D eigenvalue weighted by Gasteiger charge is 1.93. The topological polar surface area (TPSA) is 51.8 Å². The number of thioether (sulfide) groups is 1. The fourth-order valence-corrected chi connectivity index (χ4v) is 1.13. The predicted octanol–water partition coefficient (Wildman–Crippen LogP) is 0.812. The number of hydrogen-bond donors (Lipinski definition) is 1. The average molecular weight is 171 g/mol. The summed E-state index contributed by atoms with van der Waals surface area (Å²) in [6, 6.07) is 1.75. The van der Waals surface area contributed by atoms with Crippen LogP contribution in [0.25, 0.3) is 0 Å². The van der Waals surface area contributed by atoms with Crippen LogP contribution in [0.5, 0.6) is 0 Å². The smallest absolute Gasteiger partial charge is 0.137 e. The van der Waals surface area contributed by atoms with E-state index < -0.39 is 0 Å². The summed E-state index contributed by atoms with van der Waals surface area (Å²) in [7, 11) is 0. The lowest BCUT2D eigenvalue weighted by Gasteiger charge is -1.93. The van der Waals surface area contributed by atoms with Gasteiger partial charge in [-0.05, 0) is 17.8 Å². The molecule has 1 aromatic rings. The molecular weight excluding hydrogens is 166 g/mol. The number of thiocarbonyl (C=S) groups is 1. The van der Waals surface area contributed by atoms with Crippen LogP contribution < -0.4 is 5.73 Å². The van der Waals surface area contributed by atoms with Gasteiger partial charge < -0.3 is 5.73 Å². The number of hydrogen-bond acceptors (Lipinski definition) is 4. The van der Waals surface area contributed by atoms with E-state index in [1.165, 1.54) is 18.1 Å². The second-order valence-corrected chi connectivity index (χ2v) is 3.23. The Balaban J connectivity index is 2.67. The van der Waals surface area contributed by atoms with Crippen molar-refractivity contribution in [2.24, 2.45) is 5.73 Å². The minimum Gasteiger partial charge on any atom is -0.384 e. The van der Waals surface area contributed by atoms with Gasteiger partial charge in [0, 0.05) is 6.20 Å². The van der Waals surface area contributed by atoms with Gasteiger partial charge in [-0.3, -0.25) is 0 Å². The van der Waals surface area contributed by atoms with Crippen LogP contribution in [0.1, 0.15) is 0 Å². The van der Waals surface area contributed by atoms with Crippen LogP contribution >= 0.6 is 24.0 Å². The summed E-state index contributed by atoms with van der Waals surface area (Å²) >= 11 is 5.91. The summed E-state index contributed by atoms with van der Waals surface area (Å²) in [5.74, 6) is 0. The molecule has 0 amide bonds. The quantitative estimate of drug-likeness (QED) is 0.385. The van der Waals surface area contributed by atoms with Crippen molar-refractivity contribution in [3.8, 4) is 0 Å². The molecule has 0 spiro atoms. The third-order valence-corrected chi connectivity index (χ3v) is 1.66. The molecule has 0 saturated carbocycles. The summed E-state index contributed by atoms with van der Waals surface area (Å²) in [5.41, 5.74) is 5.26. The molecule has 52 valence electrons. The summed E-state index contributed by atoms with van der Waals surface area (Å²) in [4.78, 5) is 7.65. The molecule has 0 aliphatic rings. The molecule has 10 heavy (non-hydrogen) atoms. The molecule has 5 heteroatoms. The molecule has 0 unspecified atom stereocenters. The molecule has 0 fully saturated rings. The van der Waals surface area contributed by atoms with Gasteiger partial charge >= 0.3 is 0 Å². The highest BCUT2D eigenvalue weighted by Crippen LogP contribution is 2.11. The van der Waals surface area contributed by atoms with Crippen molar-refractivity contribution in [3.05, 3.63) is 18.6 Å². The van der Waals surface area contributed by atoms with E-state index in [0.29, 0.717) is 4.32 Å². The summed E-state index contributed by atoms with van der Waals surface area (Å²) in [5, 5.41) is 0.780. The van der Waals surface area contributed by atoms with Crippen molar-refractivity contribution < 1.29 is 0 Å². The van der Waals surface area contributed by atoms with Gasteiger partial charge in [0.15, 0.2) is 0 Å². The van der Waals surface area contributed by atoms with E-state index in [4.69, 9.17) is 5.73 Å². The van der Waals surface area contributed by atoms with Crippen molar-refractivity contribution in [3.63, 3.8) is 0 Å². The molecule has 1 aromatic heterocycles. The van der Waals surface area contributed by atoms with Crippen molar-refractivity contribution in [2.75, 3.05) is 0 Å². The first-order valence-electron chi connectivity index (χ1n) is 2.52. The SMILES string of the molecule is NC(=S)Sc1ccncn1. The lowest BCUT2D eigenvalue weighted by Crippen LogP contribution is -2.01. The van der Waals surface area contributed by atoms with E-state index in [9.17, 15) is 0 Å². The van der Waals surface area contributed by atoms with Crippen molar-refractivity contribution >= 4 is 28.3 Å². The molecule has 0 bridgehead atoms. The Morgan fingerprint density at radius 3 is 3.00 bits per heavy atom. The molecule has 0 aliphatic heterocycles. The molecule has 0 saturated heterocycles. The Kier molecular flexibility index (Phi) is 2.58. The van der Waals surface area contributed by atoms with Crippen LogP contribution in [0.2, 0.25) is 0 Å². The number of rotatable bonds is 1. The molecule has 3 nitrogen and oxygen atoms in total. The predicted molar refractivity (Wildman–Crippen MR) is 44.7 cm³/mol. The van der Waals surface area contributed by atoms with Crippen molar-refractivity contribution in [1.29, 1.82) is 0 Å². The van der Waals surface area contributed by atoms with Crippen LogP contribution in [0.4, 0.5) is 0 Å². The molecule has 0 radical (unpaired) electrons. The Hall–Kier alpha value is -0.680. The lowest BCUT2D eigenvalue weighted by atomic mass is 10.7. The van der Waals surface area contributed by atoms with Crippen LogP contribution in [0, 0.1) is 0 Å². The third-order valence-electron chi connectivity index (χ3n) is 0.760. The average Bonchev–Trinajstić information content (AvgIpc) is 1.88. The molecule has 0 aliphatic carbocycles. The van der Waals surface area contributed by atoms with Gasteiger partial charge in [-0.1, -0.05) is 12.2 Å². The maximum Gasteiger partial charge on any atom is 0.137 e. The van der Waals surface area contributed by atoms with Gasteiger partial charge in [0.05, 0.1) is 0 Å². The first-order chi connectivity index (χ1) is 4.79.